The number of carbonyl (C=O) groups is 1. The first-order valence-corrected chi connectivity index (χ1v) is 9.68. The first-order valence-electron chi connectivity index (χ1n) is 9.68. The van der Waals surface area contributed by atoms with Crippen LogP contribution >= 0.6 is 0 Å². The lowest BCUT2D eigenvalue weighted by Crippen LogP contribution is -2.34. The molecule has 1 aromatic heterocycles. The average Bonchev–Trinajstić information content (AvgIpc) is 2.76. The number of para-hydroxylation sites is 1. The maximum absolute atomic E-state index is 11.5. The normalized spacial score (nSPS) is 10.5. The predicted octanol–water partition coefficient (Wildman–Crippen LogP) is 2.25. The number of aliphatic hydroxyl groups excluding tert-OH is 1. The van der Waals surface area contributed by atoms with Crippen molar-refractivity contribution < 1.29 is 15.0 Å². The van der Waals surface area contributed by atoms with Gasteiger partial charge in [0.15, 0.2) is 0 Å². The zero-order valence-electron chi connectivity index (χ0n) is 16.8. The van der Waals surface area contributed by atoms with E-state index in [1.807, 2.05) is 18.2 Å². The Hall–Kier alpha value is -4.09. The summed E-state index contributed by atoms with van der Waals surface area (Å²) in [5.41, 5.74) is 14.6. The van der Waals surface area contributed by atoms with E-state index in [0.29, 0.717) is 41.0 Å². The summed E-state index contributed by atoms with van der Waals surface area (Å²) in [6.07, 6.45) is 0.473. The van der Waals surface area contributed by atoms with Gasteiger partial charge in [-0.2, -0.15) is 5.26 Å². The smallest absolute Gasteiger partial charge is 0.236 e. The minimum atomic E-state index is -0.490. The number of nitrogen functional groups attached to an aromatic ring is 1. The zero-order chi connectivity index (χ0) is 22.4. The molecule has 0 bridgehead atoms. The molecule has 3 rings (SSSR count). The molecule has 1 amide bonds. The fourth-order valence-electron chi connectivity index (χ4n) is 3.36. The number of nitrogens with zero attached hydrogens (tertiary/aromatic N) is 3. The third kappa shape index (κ3) is 4.91. The molecule has 2 aromatic carbocycles. The number of aromatic hydroxyl groups is 1. The van der Waals surface area contributed by atoms with E-state index >= 15 is 0 Å². The van der Waals surface area contributed by atoms with Crippen LogP contribution in [-0.2, 0) is 4.79 Å². The van der Waals surface area contributed by atoms with E-state index in [-0.39, 0.29) is 30.3 Å². The lowest BCUT2D eigenvalue weighted by molar-refractivity contribution is -0.116. The fraction of sp³-hybridized carbons (Fsp3) is 0.174. The monoisotopic (exact) mass is 417 g/mol. The van der Waals surface area contributed by atoms with E-state index in [9.17, 15) is 15.2 Å². The van der Waals surface area contributed by atoms with Crippen molar-refractivity contribution in [2.24, 2.45) is 5.73 Å². The second kappa shape index (κ2) is 9.61. The van der Waals surface area contributed by atoms with E-state index in [2.05, 4.69) is 11.1 Å². The van der Waals surface area contributed by atoms with Crippen molar-refractivity contribution in [1.82, 2.24) is 4.98 Å². The standard InChI is InChI=1S/C23H23N5O3/c24-13-19-18(12-20(27-23(19)26)17-7-1-2-8-21(17)30)15-5-3-6-16(11-15)28(9-4-10-29)14-22(25)31/h1-3,5-8,11-12,29-30H,4,9-10,14H2,(H2,25,31)(H2,26,27). The molecule has 31 heavy (non-hydrogen) atoms. The van der Waals surface area contributed by atoms with Gasteiger partial charge in [0, 0.05) is 30.0 Å². The lowest BCUT2D eigenvalue weighted by atomic mass is 9.97. The maximum atomic E-state index is 11.5. The summed E-state index contributed by atoms with van der Waals surface area (Å²) >= 11 is 0. The Morgan fingerprint density at radius 3 is 2.58 bits per heavy atom. The van der Waals surface area contributed by atoms with Gasteiger partial charge in [0.05, 0.1) is 12.2 Å². The summed E-state index contributed by atoms with van der Waals surface area (Å²) in [7, 11) is 0. The number of aromatic nitrogens is 1. The van der Waals surface area contributed by atoms with Gasteiger partial charge in [-0.1, -0.05) is 24.3 Å². The highest BCUT2D eigenvalue weighted by molar-refractivity contribution is 5.84. The molecule has 0 aliphatic heterocycles. The van der Waals surface area contributed by atoms with E-state index in [1.54, 1.807) is 41.3 Å². The number of rotatable bonds is 8. The number of hydrogen-bond acceptors (Lipinski definition) is 7. The van der Waals surface area contributed by atoms with Crippen LogP contribution in [-0.4, -0.2) is 40.8 Å². The second-order valence-electron chi connectivity index (χ2n) is 6.96. The number of pyridine rings is 1. The van der Waals surface area contributed by atoms with Gasteiger partial charge in [-0.05, 0) is 42.3 Å². The van der Waals surface area contributed by atoms with Gasteiger partial charge in [-0.15, -0.1) is 0 Å². The van der Waals surface area contributed by atoms with Crippen molar-refractivity contribution in [2.75, 3.05) is 30.3 Å². The summed E-state index contributed by atoms with van der Waals surface area (Å²) in [4.78, 5) is 17.6. The van der Waals surface area contributed by atoms with Gasteiger partial charge < -0.3 is 26.6 Å². The van der Waals surface area contributed by atoms with Crippen LogP contribution in [0.2, 0.25) is 0 Å². The minimum Gasteiger partial charge on any atom is -0.507 e. The molecule has 0 saturated heterocycles. The number of aliphatic hydroxyl groups is 1. The van der Waals surface area contributed by atoms with Crippen LogP contribution in [0.1, 0.15) is 12.0 Å². The third-order valence-corrected chi connectivity index (χ3v) is 4.79. The molecule has 0 fully saturated rings. The first kappa shape index (κ1) is 21.6. The average molecular weight is 417 g/mol. The molecule has 0 radical (unpaired) electrons. The second-order valence-corrected chi connectivity index (χ2v) is 6.96. The molecule has 8 nitrogen and oxygen atoms in total. The Morgan fingerprint density at radius 1 is 1.13 bits per heavy atom. The topological polar surface area (TPSA) is 149 Å². The summed E-state index contributed by atoms with van der Waals surface area (Å²) in [5, 5.41) is 29.0. The highest BCUT2D eigenvalue weighted by Gasteiger charge is 2.17. The Labute approximate surface area is 180 Å². The Morgan fingerprint density at radius 2 is 1.90 bits per heavy atom. The largest absolute Gasteiger partial charge is 0.507 e. The first-order chi connectivity index (χ1) is 14.9. The van der Waals surface area contributed by atoms with Crippen molar-refractivity contribution in [2.45, 2.75) is 6.42 Å². The predicted molar refractivity (Wildman–Crippen MR) is 119 cm³/mol. The molecular formula is C23H23N5O3. The van der Waals surface area contributed by atoms with Crippen LogP contribution in [0.25, 0.3) is 22.4 Å². The summed E-state index contributed by atoms with van der Waals surface area (Å²) in [6.45, 7) is 0.421. The number of anilines is 2. The Bertz CT molecular complexity index is 1140. The van der Waals surface area contributed by atoms with E-state index < -0.39 is 5.91 Å². The number of nitrogens with two attached hydrogens (primary N) is 2. The van der Waals surface area contributed by atoms with Gasteiger partial charge >= 0.3 is 0 Å². The summed E-state index contributed by atoms with van der Waals surface area (Å²) < 4.78 is 0. The van der Waals surface area contributed by atoms with Crippen LogP contribution in [0.3, 0.4) is 0 Å². The number of amides is 1. The molecular weight excluding hydrogens is 394 g/mol. The van der Waals surface area contributed by atoms with Crippen molar-refractivity contribution in [3.8, 4) is 34.2 Å². The summed E-state index contributed by atoms with van der Waals surface area (Å²) in [6, 6.07) is 17.8. The number of nitriles is 1. The van der Waals surface area contributed by atoms with Crippen molar-refractivity contribution >= 4 is 17.4 Å². The third-order valence-electron chi connectivity index (χ3n) is 4.79. The molecule has 0 unspecified atom stereocenters. The molecule has 3 aromatic rings. The quantitative estimate of drug-likeness (QED) is 0.439. The highest BCUT2D eigenvalue weighted by Crippen LogP contribution is 2.35. The van der Waals surface area contributed by atoms with Crippen LogP contribution in [0.15, 0.2) is 54.6 Å². The highest BCUT2D eigenvalue weighted by atomic mass is 16.3. The van der Waals surface area contributed by atoms with Crippen molar-refractivity contribution in [3.05, 3.63) is 60.2 Å². The van der Waals surface area contributed by atoms with Crippen LogP contribution in [0.4, 0.5) is 11.5 Å². The van der Waals surface area contributed by atoms with Gasteiger partial charge in [0.2, 0.25) is 5.91 Å². The van der Waals surface area contributed by atoms with Crippen LogP contribution < -0.4 is 16.4 Å². The zero-order valence-corrected chi connectivity index (χ0v) is 16.8. The van der Waals surface area contributed by atoms with Gasteiger partial charge in [0.25, 0.3) is 0 Å². The Balaban J connectivity index is 2.12. The van der Waals surface area contributed by atoms with Gasteiger partial charge in [-0.3, -0.25) is 4.79 Å². The molecule has 0 spiro atoms. The van der Waals surface area contributed by atoms with Crippen molar-refractivity contribution in [3.63, 3.8) is 0 Å². The number of phenolic OH excluding ortho intramolecular Hbond substituents is 1. The molecule has 158 valence electrons. The minimum absolute atomic E-state index is 0.00379. The number of carbonyl (C=O) groups excluding carboxylic acids is 1. The maximum Gasteiger partial charge on any atom is 0.236 e. The number of benzene rings is 2. The van der Waals surface area contributed by atoms with Gasteiger partial charge in [-0.25, -0.2) is 4.98 Å². The van der Waals surface area contributed by atoms with E-state index in [4.69, 9.17) is 16.6 Å². The molecule has 6 N–H and O–H groups in total. The number of hydrogen-bond donors (Lipinski definition) is 4. The molecule has 8 heteroatoms. The lowest BCUT2D eigenvalue weighted by Gasteiger charge is -2.24. The van der Waals surface area contributed by atoms with E-state index in [1.165, 1.54) is 0 Å². The molecule has 0 saturated carbocycles. The molecule has 0 aliphatic rings. The van der Waals surface area contributed by atoms with Gasteiger partial charge in [0.1, 0.15) is 23.2 Å². The van der Waals surface area contributed by atoms with Crippen LogP contribution in [0.5, 0.6) is 5.75 Å². The summed E-state index contributed by atoms with van der Waals surface area (Å²) in [5.74, 6) is -0.385. The van der Waals surface area contributed by atoms with E-state index in [0.717, 1.165) is 0 Å². The molecule has 0 atom stereocenters. The molecule has 1 heterocycles. The SMILES string of the molecule is N#Cc1c(-c2cccc(N(CCCO)CC(N)=O)c2)cc(-c2ccccc2O)nc1N. The number of primary amides is 1. The number of phenols is 1. The van der Waals surface area contributed by atoms with Crippen LogP contribution in [0, 0.1) is 11.3 Å². The fourth-order valence-corrected chi connectivity index (χ4v) is 3.36. The Kier molecular flexibility index (Phi) is 6.70. The molecule has 0 aliphatic carbocycles. The van der Waals surface area contributed by atoms with Crippen molar-refractivity contribution in [1.29, 1.82) is 5.26 Å².